The Morgan fingerprint density at radius 3 is 2.74 bits per heavy atom. The van der Waals surface area contributed by atoms with Crippen molar-refractivity contribution in [3.63, 3.8) is 0 Å². The van der Waals surface area contributed by atoms with Crippen molar-refractivity contribution in [2.75, 3.05) is 11.9 Å². The predicted octanol–water partition coefficient (Wildman–Crippen LogP) is 3.80. The van der Waals surface area contributed by atoms with E-state index in [0.717, 1.165) is 5.56 Å². The topological polar surface area (TPSA) is 73.2 Å². The molecule has 0 unspecified atom stereocenters. The third kappa shape index (κ3) is 4.95. The Kier molecular flexibility index (Phi) is 5.88. The van der Waals surface area contributed by atoms with E-state index >= 15 is 0 Å². The summed E-state index contributed by atoms with van der Waals surface area (Å²) < 4.78 is 7.12. The van der Waals surface area contributed by atoms with E-state index in [1.54, 1.807) is 41.2 Å². The third-order valence-electron chi connectivity index (χ3n) is 3.87. The zero-order chi connectivity index (χ0) is 19.2. The SMILES string of the molecule is CC(=O)c1cccc(OCC(=O)Nc2ccnn2Cc2ccccc2Cl)c1. The highest BCUT2D eigenvalue weighted by Gasteiger charge is 2.10. The van der Waals surface area contributed by atoms with Gasteiger partial charge in [0.2, 0.25) is 0 Å². The first-order valence-corrected chi connectivity index (χ1v) is 8.69. The number of anilines is 1. The Hall–Kier alpha value is -3.12. The summed E-state index contributed by atoms with van der Waals surface area (Å²) in [5.41, 5.74) is 1.43. The van der Waals surface area contributed by atoms with Crippen molar-refractivity contribution < 1.29 is 14.3 Å². The number of ketones is 1. The lowest BCUT2D eigenvalue weighted by Crippen LogP contribution is -2.22. The fourth-order valence-electron chi connectivity index (χ4n) is 2.49. The number of hydrogen-bond donors (Lipinski definition) is 1. The molecule has 6 nitrogen and oxygen atoms in total. The molecule has 0 atom stereocenters. The van der Waals surface area contributed by atoms with E-state index in [0.29, 0.717) is 28.7 Å². The monoisotopic (exact) mass is 383 g/mol. The zero-order valence-electron chi connectivity index (χ0n) is 14.7. The number of nitrogens with zero attached hydrogens (tertiary/aromatic N) is 2. The van der Waals surface area contributed by atoms with Crippen molar-refractivity contribution in [1.82, 2.24) is 9.78 Å². The summed E-state index contributed by atoms with van der Waals surface area (Å²) >= 11 is 6.18. The van der Waals surface area contributed by atoms with Gasteiger partial charge in [-0.2, -0.15) is 5.10 Å². The molecular formula is C20H18ClN3O3. The van der Waals surface area contributed by atoms with Gasteiger partial charge in [0.25, 0.3) is 5.91 Å². The first kappa shape index (κ1) is 18.7. The van der Waals surface area contributed by atoms with Crippen LogP contribution in [0.1, 0.15) is 22.8 Å². The molecule has 0 aliphatic heterocycles. The second-order valence-electron chi connectivity index (χ2n) is 5.89. The number of hydrogen-bond acceptors (Lipinski definition) is 4. The number of ether oxygens (including phenoxy) is 1. The van der Waals surface area contributed by atoms with Gasteiger partial charge in [0.1, 0.15) is 11.6 Å². The third-order valence-corrected chi connectivity index (χ3v) is 4.24. The number of amides is 1. The van der Waals surface area contributed by atoms with Gasteiger partial charge in [-0.3, -0.25) is 9.59 Å². The van der Waals surface area contributed by atoms with Crippen LogP contribution in [0.4, 0.5) is 5.82 Å². The predicted molar refractivity (Wildman–Crippen MR) is 103 cm³/mol. The fourth-order valence-corrected chi connectivity index (χ4v) is 2.68. The van der Waals surface area contributed by atoms with Crippen molar-refractivity contribution in [2.24, 2.45) is 0 Å². The van der Waals surface area contributed by atoms with Crippen LogP contribution in [0.15, 0.2) is 60.8 Å². The fraction of sp³-hybridized carbons (Fsp3) is 0.150. The molecule has 2 aromatic carbocycles. The van der Waals surface area contributed by atoms with E-state index in [-0.39, 0.29) is 18.3 Å². The number of aromatic nitrogens is 2. The van der Waals surface area contributed by atoms with Gasteiger partial charge >= 0.3 is 0 Å². The van der Waals surface area contributed by atoms with Gasteiger partial charge in [0.05, 0.1) is 12.7 Å². The van der Waals surface area contributed by atoms with Crippen LogP contribution < -0.4 is 10.1 Å². The number of nitrogens with one attached hydrogen (secondary N) is 1. The van der Waals surface area contributed by atoms with Gasteiger partial charge in [-0.05, 0) is 30.7 Å². The number of benzene rings is 2. The van der Waals surface area contributed by atoms with E-state index in [4.69, 9.17) is 16.3 Å². The molecule has 1 amide bonds. The summed E-state index contributed by atoms with van der Waals surface area (Å²) in [4.78, 5) is 23.6. The Labute approximate surface area is 161 Å². The number of rotatable bonds is 7. The van der Waals surface area contributed by atoms with Crippen molar-refractivity contribution in [2.45, 2.75) is 13.5 Å². The number of Topliss-reactive ketones (excluding diaryl/α,β-unsaturated/α-hetero) is 1. The van der Waals surface area contributed by atoms with Gasteiger partial charge in [-0.25, -0.2) is 4.68 Å². The minimum atomic E-state index is -0.330. The van der Waals surface area contributed by atoms with Crippen LogP contribution in [0.2, 0.25) is 5.02 Å². The van der Waals surface area contributed by atoms with Crippen LogP contribution in [-0.4, -0.2) is 28.1 Å². The highest BCUT2D eigenvalue weighted by molar-refractivity contribution is 6.31. The Bertz CT molecular complexity index is 968. The molecule has 3 rings (SSSR count). The lowest BCUT2D eigenvalue weighted by Gasteiger charge is -2.11. The molecule has 1 heterocycles. The molecule has 0 aliphatic carbocycles. The van der Waals surface area contributed by atoms with Gasteiger partial charge in [-0.15, -0.1) is 0 Å². The van der Waals surface area contributed by atoms with Crippen LogP contribution in [0.25, 0.3) is 0 Å². The van der Waals surface area contributed by atoms with Crippen LogP contribution >= 0.6 is 11.6 Å². The van der Waals surface area contributed by atoms with Crippen molar-refractivity contribution in [3.8, 4) is 5.75 Å². The molecule has 0 saturated carbocycles. The number of carbonyl (C=O) groups excluding carboxylic acids is 2. The Morgan fingerprint density at radius 1 is 1.15 bits per heavy atom. The molecule has 138 valence electrons. The normalized spacial score (nSPS) is 10.4. The zero-order valence-corrected chi connectivity index (χ0v) is 15.4. The summed E-state index contributed by atoms with van der Waals surface area (Å²) in [7, 11) is 0. The molecule has 0 fully saturated rings. The lowest BCUT2D eigenvalue weighted by atomic mass is 10.1. The molecule has 0 aliphatic rings. The average molecular weight is 384 g/mol. The van der Waals surface area contributed by atoms with Crippen LogP contribution in [0.5, 0.6) is 5.75 Å². The Morgan fingerprint density at radius 2 is 1.96 bits per heavy atom. The average Bonchev–Trinajstić information content (AvgIpc) is 3.09. The van der Waals surface area contributed by atoms with Crippen molar-refractivity contribution >= 4 is 29.1 Å². The quantitative estimate of drug-likeness (QED) is 0.630. The molecular weight excluding hydrogens is 366 g/mol. The first-order valence-electron chi connectivity index (χ1n) is 8.32. The molecule has 1 N–H and O–H groups in total. The van der Waals surface area contributed by atoms with Crippen molar-refractivity contribution in [1.29, 1.82) is 0 Å². The van der Waals surface area contributed by atoms with Crippen LogP contribution in [0, 0.1) is 0 Å². The van der Waals surface area contributed by atoms with E-state index < -0.39 is 0 Å². The highest BCUT2D eigenvalue weighted by atomic mass is 35.5. The standard InChI is InChI=1S/C20H18ClN3O3/c1-14(25)15-6-4-7-17(11-15)27-13-20(26)23-19-9-10-22-24(19)12-16-5-2-3-8-18(16)21/h2-11H,12-13H2,1H3,(H,23,26). The highest BCUT2D eigenvalue weighted by Crippen LogP contribution is 2.18. The number of carbonyl (C=O) groups is 2. The largest absolute Gasteiger partial charge is 0.484 e. The second kappa shape index (κ2) is 8.51. The Balaban J connectivity index is 1.60. The molecule has 3 aromatic rings. The number of halogens is 1. The molecule has 0 bridgehead atoms. The maximum Gasteiger partial charge on any atom is 0.263 e. The van der Waals surface area contributed by atoms with Crippen LogP contribution in [0.3, 0.4) is 0 Å². The molecule has 1 aromatic heterocycles. The van der Waals surface area contributed by atoms with E-state index in [9.17, 15) is 9.59 Å². The maximum atomic E-state index is 12.2. The van der Waals surface area contributed by atoms with Crippen molar-refractivity contribution in [3.05, 3.63) is 76.9 Å². The first-order chi connectivity index (χ1) is 13.0. The molecule has 0 saturated heterocycles. The summed E-state index contributed by atoms with van der Waals surface area (Å²) in [5, 5.41) is 7.62. The molecule has 27 heavy (non-hydrogen) atoms. The van der Waals surface area contributed by atoms with Gasteiger partial charge in [0.15, 0.2) is 12.4 Å². The summed E-state index contributed by atoms with van der Waals surface area (Å²) in [6, 6.07) is 15.9. The second-order valence-corrected chi connectivity index (χ2v) is 6.29. The van der Waals surface area contributed by atoms with E-state index in [1.807, 2.05) is 24.3 Å². The molecule has 7 heteroatoms. The van der Waals surface area contributed by atoms with E-state index in [1.165, 1.54) is 6.92 Å². The van der Waals surface area contributed by atoms with Crippen LogP contribution in [-0.2, 0) is 11.3 Å². The molecule has 0 spiro atoms. The summed E-state index contributed by atoms with van der Waals surface area (Å²) in [6.07, 6.45) is 1.60. The lowest BCUT2D eigenvalue weighted by molar-refractivity contribution is -0.118. The van der Waals surface area contributed by atoms with E-state index in [2.05, 4.69) is 10.4 Å². The smallest absolute Gasteiger partial charge is 0.263 e. The van der Waals surface area contributed by atoms with Gasteiger partial charge in [0, 0.05) is 16.7 Å². The molecule has 0 radical (unpaired) electrons. The van der Waals surface area contributed by atoms with Gasteiger partial charge in [-0.1, -0.05) is 41.9 Å². The summed E-state index contributed by atoms with van der Waals surface area (Å²) in [5.74, 6) is 0.612. The minimum absolute atomic E-state index is 0.0617. The summed E-state index contributed by atoms with van der Waals surface area (Å²) in [6.45, 7) is 1.73. The maximum absolute atomic E-state index is 12.2. The minimum Gasteiger partial charge on any atom is -0.484 e. The van der Waals surface area contributed by atoms with Gasteiger partial charge < -0.3 is 10.1 Å².